The second-order valence-corrected chi connectivity index (χ2v) is 9.31. The summed E-state index contributed by atoms with van der Waals surface area (Å²) in [6.07, 6.45) is 1.14. The van der Waals surface area contributed by atoms with Crippen LogP contribution in [0.2, 0.25) is 0 Å². The molecule has 0 bridgehead atoms. The van der Waals surface area contributed by atoms with Crippen molar-refractivity contribution in [3.8, 4) is 5.00 Å². The van der Waals surface area contributed by atoms with Crippen molar-refractivity contribution >= 4 is 33.8 Å². The highest BCUT2D eigenvalue weighted by molar-refractivity contribution is 7.21. The molecular formula is C21H24F2N6O6S. The number of H-pyrrole nitrogens is 1. The molecule has 0 radical (unpaired) electrons. The highest BCUT2D eigenvalue weighted by atomic mass is 32.1. The van der Waals surface area contributed by atoms with Gasteiger partial charge in [0.05, 0.1) is 37.8 Å². The lowest BCUT2D eigenvalue weighted by Gasteiger charge is -2.31. The molecule has 3 aromatic rings. The molecule has 3 aromatic heterocycles. The molecule has 0 aromatic carbocycles. The number of likely N-dealkylation sites (N-methyl/N-ethyl adjacent to an activating group) is 1. The maximum Gasteiger partial charge on any atom is 0.333 e. The molecule has 15 heteroatoms. The van der Waals surface area contributed by atoms with E-state index in [2.05, 4.69) is 19.9 Å². The monoisotopic (exact) mass is 526 g/mol. The molecule has 2 atom stereocenters. The fourth-order valence-electron chi connectivity index (χ4n) is 4.07. The maximum atomic E-state index is 14.8. The average molecular weight is 527 g/mol. The molecule has 2 aliphatic heterocycles. The van der Waals surface area contributed by atoms with Crippen molar-refractivity contribution in [2.75, 3.05) is 51.3 Å². The van der Waals surface area contributed by atoms with E-state index in [1.807, 2.05) is 7.05 Å². The number of nitrogens with zero attached hydrogens (tertiary/aromatic N) is 5. The van der Waals surface area contributed by atoms with Gasteiger partial charge in [-0.05, 0) is 13.1 Å². The zero-order valence-electron chi connectivity index (χ0n) is 19.2. The summed E-state index contributed by atoms with van der Waals surface area (Å²) in [6, 6.07) is 2.89. The van der Waals surface area contributed by atoms with E-state index in [0.29, 0.717) is 34.2 Å². The van der Waals surface area contributed by atoms with E-state index in [1.54, 1.807) is 6.07 Å². The van der Waals surface area contributed by atoms with Gasteiger partial charge in [0.15, 0.2) is 0 Å². The number of carboxylic acid groups (broad SMARTS) is 1. The van der Waals surface area contributed by atoms with Crippen LogP contribution in [-0.4, -0.2) is 101 Å². The number of nitrogens with one attached hydrogen (secondary N) is 1. The summed E-state index contributed by atoms with van der Waals surface area (Å²) in [7, 11) is 1.96. The highest BCUT2D eigenvalue weighted by Gasteiger charge is 2.50. The number of ether oxygens (including phenoxy) is 2. The summed E-state index contributed by atoms with van der Waals surface area (Å²) in [5.74, 6) is -2.72. The lowest BCUT2D eigenvalue weighted by atomic mass is 10.2. The fourth-order valence-corrected chi connectivity index (χ4v) is 5.05. The summed E-state index contributed by atoms with van der Waals surface area (Å²) in [5, 5.41) is 7.93. The molecule has 5 heterocycles. The number of aromatic nitrogens is 4. The lowest BCUT2D eigenvalue weighted by Crippen LogP contribution is -2.44. The topological polar surface area (TPSA) is 143 Å². The third-order valence-corrected chi connectivity index (χ3v) is 6.78. The summed E-state index contributed by atoms with van der Waals surface area (Å²) >= 11 is 1.20. The number of anilines is 1. The first-order chi connectivity index (χ1) is 17.2. The van der Waals surface area contributed by atoms with Gasteiger partial charge in [0.1, 0.15) is 28.1 Å². The zero-order chi connectivity index (χ0) is 25.9. The molecule has 2 N–H and O–H groups in total. The second-order valence-electron chi connectivity index (χ2n) is 8.30. The fraction of sp³-hybridized carbons (Fsp3) is 0.476. The zero-order valence-corrected chi connectivity index (χ0v) is 20.0. The molecule has 0 aliphatic carbocycles. The number of alkyl halides is 2. The number of rotatable bonds is 5. The summed E-state index contributed by atoms with van der Waals surface area (Å²) in [5.41, 5.74) is -1.10. The van der Waals surface area contributed by atoms with Gasteiger partial charge in [-0.15, -0.1) is 0 Å². The third-order valence-electron chi connectivity index (χ3n) is 5.74. The molecular weight excluding hydrogens is 502 g/mol. The predicted octanol–water partition coefficient (Wildman–Crippen LogP) is 0.402. The number of carbonyl (C=O) groups is 1. The van der Waals surface area contributed by atoms with E-state index in [4.69, 9.17) is 19.4 Å². The Morgan fingerprint density at radius 2 is 2.14 bits per heavy atom. The van der Waals surface area contributed by atoms with E-state index < -0.39 is 29.8 Å². The van der Waals surface area contributed by atoms with Gasteiger partial charge >= 0.3 is 5.69 Å². The highest BCUT2D eigenvalue weighted by Crippen LogP contribution is 2.37. The first kappa shape index (κ1) is 25.8. The summed E-state index contributed by atoms with van der Waals surface area (Å²) < 4.78 is 42.1. The molecule has 0 saturated carbocycles. The molecule has 2 unspecified atom stereocenters. The molecule has 2 fully saturated rings. The van der Waals surface area contributed by atoms with Crippen LogP contribution >= 0.6 is 11.3 Å². The Hall–Kier alpha value is -3.27. The van der Waals surface area contributed by atoms with Gasteiger partial charge < -0.3 is 24.4 Å². The van der Waals surface area contributed by atoms with Crippen molar-refractivity contribution in [3.63, 3.8) is 0 Å². The first-order valence-electron chi connectivity index (χ1n) is 10.9. The van der Waals surface area contributed by atoms with Crippen LogP contribution in [-0.2, 0) is 14.3 Å². The van der Waals surface area contributed by atoms with Crippen LogP contribution in [0, 0.1) is 0 Å². The molecule has 12 nitrogen and oxygen atoms in total. The third kappa shape index (κ3) is 5.59. The standard InChI is InChI=1S/C20H22F2N6O4S.CH2O2/c1-26-4-5-31-12(7-26)9-32-14-8-27(10-20(14,21)22)17-13-6-16(33-18(13)24-11-23-17)28-3-2-15(29)25-19(28)30;2-1-3/h2-3,6,11-12,14H,4-5,7-10H2,1H3,(H,25,29,30);1H,(H,2,3). The van der Waals surface area contributed by atoms with E-state index in [-0.39, 0.29) is 25.7 Å². The van der Waals surface area contributed by atoms with Gasteiger partial charge in [0.25, 0.3) is 18.0 Å². The number of morpholine rings is 1. The quantitative estimate of drug-likeness (QED) is 0.449. The van der Waals surface area contributed by atoms with Gasteiger partial charge in [-0.25, -0.2) is 23.5 Å². The Morgan fingerprint density at radius 3 is 2.86 bits per heavy atom. The Labute approximate surface area is 206 Å². The average Bonchev–Trinajstić information content (AvgIpc) is 3.38. The lowest BCUT2D eigenvalue weighted by molar-refractivity contribution is -0.136. The van der Waals surface area contributed by atoms with E-state index in [0.717, 1.165) is 6.54 Å². The largest absolute Gasteiger partial charge is 0.483 e. The number of hydrogen-bond donors (Lipinski definition) is 2. The van der Waals surface area contributed by atoms with Crippen LogP contribution in [0.3, 0.4) is 0 Å². The minimum Gasteiger partial charge on any atom is -0.483 e. The predicted molar refractivity (Wildman–Crippen MR) is 126 cm³/mol. The molecule has 5 rings (SSSR count). The minimum atomic E-state index is -3.06. The number of thiophene rings is 1. The molecule has 0 spiro atoms. The van der Waals surface area contributed by atoms with Crippen LogP contribution in [0.1, 0.15) is 0 Å². The van der Waals surface area contributed by atoms with Crippen LogP contribution in [0.15, 0.2) is 34.2 Å². The minimum absolute atomic E-state index is 0.0363. The SMILES string of the molecule is CN1CCOC(COC2CN(c3ncnc4sc(-n5ccc(=O)[nH]c5=O)cc34)CC2(F)F)C1.O=CO. The summed E-state index contributed by atoms with van der Waals surface area (Å²) in [4.78, 5) is 46.6. The van der Waals surface area contributed by atoms with Crippen molar-refractivity contribution in [1.82, 2.24) is 24.4 Å². The normalized spacial score (nSPS) is 21.8. The smallest absolute Gasteiger partial charge is 0.333 e. The molecule has 0 amide bonds. The van der Waals surface area contributed by atoms with Crippen LogP contribution in [0.4, 0.5) is 14.6 Å². The second kappa shape index (κ2) is 10.8. The van der Waals surface area contributed by atoms with Crippen molar-refractivity contribution in [2.45, 2.75) is 18.1 Å². The van der Waals surface area contributed by atoms with Gasteiger partial charge in [0.2, 0.25) is 0 Å². The molecule has 2 saturated heterocycles. The summed E-state index contributed by atoms with van der Waals surface area (Å²) in [6.45, 7) is 1.26. The van der Waals surface area contributed by atoms with Crippen LogP contribution in [0.5, 0.6) is 0 Å². The molecule has 36 heavy (non-hydrogen) atoms. The molecule has 194 valence electrons. The van der Waals surface area contributed by atoms with Crippen LogP contribution in [0.25, 0.3) is 15.2 Å². The van der Waals surface area contributed by atoms with Gasteiger partial charge in [0, 0.05) is 25.4 Å². The first-order valence-corrected chi connectivity index (χ1v) is 11.7. The number of hydrogen-bond acceptors (Lipinski definition) is 10. The van der Waals surface area contributed by atoms with E-state index in [1.165, 1.54) is 39.4 Å². The Bertz CT molecular complexity index is 1330. The van der Waals surface area contributed by atoms with Crippen molar-refractivity contribution in [3.05, 3.63) is 45.5 Å². The van der Waals surface area contributed by atoms with E-state index in [9.17, 15) is 18.4 Å². The van der Waals surface area contributed by atoms with Gasteiger partial charge in [-0.3, -0.25) is 19.1 Å². The maximum absolute atomic E-state index is 14.8. The Kier molecular flexibility index (Phi) is 7.73. The van der Waals surface area contributed by atoms with Crippen molar-refractivity contribution in [2.24, 2.45) is 0 Å². The van der Waals surface area contributed by atoms with Gasteiger partial charge in [-0.2, -0.15) is 0 Å². The van der Waals surface area contributed by atoms with Gasteiger partial charge in [-0.1, -0.05) is 11.3 Å². The van der Waals surface area contributed by atoms with Crippen LogP contribution < -0.4 is 16.1 Å². The van der Waals surface area contributed by atoms with Crippen molar-refractivity contribution in [1.29, 1.82) is 0 Å². The number of aromatic amines is 1. The Morgan fingerprint density at radius 1 is 1.36 bits per heavy atom. The van der Waals surface area contributed by atoms with E-state index >= 15 is 0 Å². The Balaban J connectivity index is 0.000000967. The molecule has 2 aliphatic rings. The number of fused-ring (bicyclic) bond motifs is 1. The van der Waals surface area contributed by atoms with Crippen molar-refractivity contribution < 1.29 is 28.2 Å². The number of halogens is 2.